The van der Waals surface area contributed by atoms with Crippen molar-refractivity contribution in [3.8, 4) is 0 Å². The third-order valence-corrected chi connectivity index (χ3v) is 4.35. The molecule has 0 aliphatic carbocycles. The van der Waals surface area contributed by atoms with E-state index in [1.807, 2.05) is 0 Å². The van der Waals surface area contributed by atoms with Crippen molar-refractivity contribution in [1.29, 1.82) is 5.41 Å². The number of nitrogen functional groups attached to an aromatic ring is 1. The Labute approximate surface area is 130 Å². The second-order valence-corrected chi connectivity index (χ2v) is 6.21. The van der Waals surface area contributed by atoms with Gasteiger partial charge < -0.3 is 5.73 Å². The molecule has 0 radical (unpaired) electrons. The molecular weight excluding hydrogens is 360 g/mol. The minimum Gasteiger partial charge on any atom is -0.383 e. The minimum atomic E-state index is -2.03. The first-order chi connectivity index (χ1) is 9.91. The highest BCUT2D eigenvalue weighted by Gasteiger charge is 2.23. The van der Waals surface area contributed by atoms with E-state index in [0.29, 0.717) is 4.47 Å². The lowest BCUT2D eigenvalue weighted by Gasteiger charge is -2.07. The Bertz CT molecular complexity index is 766. The van der Waals surface area contributed by atoms with E-state index in [1.165, 1.54) is 36.5 Å². The molecule has 3 N–H and O–H groups in total. The van der Waals surface area contributed by atoms with E-state index in [-0.39, 0.29) is 27.0 Å². The quantitative estimate of drug-likeness (QED) is 0.372. The van der Waals surface area contributed by atoms with Crippen molar-refractivity contribution in [3.63, 3.8) is 0 Å². The van der Waals surface area contributed by atoms with Crippen molar-refractivity contribution in [2.24, 2.45) is 0 Å². The summed E-state index contributed by atoms with van der Waals surface area (Å²) in [6.07, 6.45) is 1.44. The van der Waals surface area contributed by atoms with Gasteiger partial charge in [-0.1, -0.05) is 12.1 Å². The number of pyridine rings is 1. The van der Waals surface area contributed by atoms with E-state index in [1.54, 1.807) is 0 Å². The highest BCUT2D eigenvalue weighted by Crippen LogP contribution is 2.25. The summed E-state index contributed by atoms with van der Waals surface area (Å²) in [6, 6.07) is 7.08. The van der Waals surface area contributed by atoms with Gasteiger partial charge in [0.2, 0.25) is 0 Å². The van der Waals surface area contributed by atoms with Crippen molar-refractivity contribution in [3.05, 3.63) is 56.7 Å². The van der Waals surface area contributed by atoms with Crippen LogP contribution < -0.4 is 5.73 Å². The lowest BCUT2D eigenvalue weighted by molar-refractivity contribution is -0.387. The van der Waals surface area contributed by atoms with Crippen LogP contribution in [0, 0.1) is 15.5 Å². The monoisotopic (exact) mass is 368 g/mol. The van der Waals surface area contributed by atoms with Gasteiger partial charge in [-0.05, 0) is 28.1 Å². The molecule has 1 heterocycles. The van der Waals surface area contributed by atoms with Crippen molar-refractivity contribution in [2.75, 3.05) is 5.73 Å². The second kappa shape index (κ2) is 6.10. The molecule has 1 unspecified atom stereocenters. The Morgan fingerprint density at radius 1 is 1.43 bits per heavy atom. The fourth-order valence-electron chi connectivity index (χ4n) is 1.61. The summed E-state index contributed by atoms with van der Waals surface area (Å²) in [7, 11) is -2.03. The van der Waals surface area contributed by atoms with E-state index in [0.717, 1.165) is 0 Å². The maximum absolute atomic E-state index is 12.4. The highest BCUT2D eigenvalue weighted by molar-refractivity contribution is 9.10. The molecule has 7 nitrogen and oxygen atoms in total. The van der Waals surface area contributed by atoms with Crippen LogP contribution in [-0.2, 0) is 10.8 Å². The Balaban J connectivity index is 2.48. The zero-order chi connectivity index (χ0) is 15.6. The molecule has 0 aliphatic heterocycles. The normalized spacial score (nSPS) is 11.9. The van der Waals surface area contributed by atoms with Gasteiger partial charge in [-0.15, -0.1) is 0 Å². The van der Waals surface area contributed by atoms with Gasteiger partial charge in [0.1, 0.15) is 26.6 Å². The number of aromatic nitrogens is 1. The maximum atomic E-state index is 12.4. The maximum Gasteiger partial charge on any atom is 0.285 e. The van der Waals surface area contributed by atoms with E-state index in [2.05, 4.69) is 20.9 Å². The van der Waals surface area contributed by atoms with Gasteiger partial charge in [-0.2, -0.15) is 0 Å². The average Bonchev–Trinajstić information content (AvgIpc) is 2.48. The number of nitro groups is 1. The number of hydrogen-bond donors (Lipinski definition) is 2. The smallest absolute Gasteiger partial charge is 0.285 e. The lowest BCUT2D eigenvalue weighted by atomic mass is 10.3. The van der Waals surface area contributed by atoms with Gasteiger partial charge in [-0.25, -0.2) is 9.19 Å². The number of nitrogens with one attached hydrogen (secondary N) is 1. The SMILES string of the molecule is N=C(c1cc(Br)cnc1N)S(=O)c1ccccc1[N+](=O)[O-]. The molecule has 21 heavy (non-hydrogen) atoms. The van der Waals surface area contributed by atoms with Gasteiger partial charge >= 0.3 is 0 Å². The van der Waals surface area contributed by atoms with Crippen molar-refractivity contribution in [1.82, 2.24) is 4.98 Å². The molecule has 108 valence electrons. The number of benzene rings is 1. The number of halogens is 1. The first-order valence-electron chi connectivity index (χ1n) is 5.57. The van der Waals surface area contributed by atoms with E-state index < -0.39 is 15.7 Å². The van der Waals surface area contributed by atoms with Crippen molar-refractivity contribution in [2.45, 2.75) is 4.90 Å². The van der Waals surface area contributed by atoms with Crippen LogP contribution in [0.3, 0.4) is 0 Å². The zero-order valence-electron chi connectivity index (χ0n) is 10.4. The summed E-state index contributed by atoms with van der Waals surface area (Å²) < 4.78 is 13.0. The van der Waals surface area contributed by atoms with Gasteiger partial charge in [-0.3, -0.25) is 15.5 Å². The molecule has 1 aromatic heterocycles. The third kappa shape index (κ3) is 3.14. The first kappa shape index (κ1) is 15.3. The fraction of sp³-hybridized carbons (Fsp3) is 0. The molecule has 0 amide bonds. The largest absolute Gasteiger partial charge is 0.383 e. The summed E-state index contributed by atoms with van der Waals surface area (Å²) in [5.41, 5.74) is 5.53. The average molecular weight is 369 g/mol. The number of anilines is 1. The molecule has 2 rings (SSSR count). The van der Waals surface area contributed by atoms with Crippen LogP contribution in [0.15, 0.2) is 45.9 Å². The Hall–Kier alpha value is -2.13. The predicted octanol–water partition coefficient (Wildman–Crippen LogP) is 2.47. The van der Waals surface area contributed by atoms with Crippen LogP contribution in [-0.4, -0.2) is 19.2 Å². The Morgan fingerprint density at radius 2 is 2.10 bits per heavy atom. The van der Waals surface area contributed by atoms with Gasteiger partial charge in [0.15, 0.2) is 0 Å². The third-order valence-electron chi connectivity index (χ3n) is 2.58. The van der Waals surface area contributed by atoms with Crippen LogP contribution >= 0.6 is 15.9 Å². The van der Waals surface area contributed by atoms with Crippen molar-refractivity contribution >= 4 is 43.3 Å². The van der Waals surface area contributed by atoms with E-state index in [4.69, 9.17) is 11.1 Å². The molecule has 1 aromatic carbocycles. The number of nitrogens with two attached hydrogens (primary N) is 1. The van der Waals surface area contributed by atoms with Gasteiger partial charge in [0.25, 0.3) is 5.69 Å². The molecular formula is C12H9BrN4O3S. The molecule has 1 atom stereocenters. The molecule has 0 saturated carbocycles. The van der Waals surface area contributed by atoms with E-state index in [9.17, 15) is 14.3 Å². The number of nitro benzene ring substituents is 1. The predicted molar refractivity (Wildman–Crippen MR) is 82.7 cm³/mol. The lowest BCUT2D eigenvalue weighted by Crippen LogP contribution is -2.13. The molecule has 0 saturated heterocycles. The van der Waals surface area contributed by atoms with Gasteiger partial charge in [0, 0.05) is 16.7 Å². The standard InChI is InChI=1S/C12H9BrN4O3S/c13-7-5-8(11(14)16-6-7)12(15)21(20)10-4-2-1-3-9(10)17(18)19/h1-6,15H,(H2,14,16). The minimum absolute atomic E-state index is 0.0372. The fourth-order valence-corrected chi connectivity index (χ4v) is 3.06. The molecule has 0 bridgehead atoms. The molecule has 0 fully saturated rings. The Kier molecular flexibility index (Phi) is 4.43. The van der Waals surface area contributed by atoms with Crippen LogP contribution in [0.2, 0.25) is 0 Å². The molecule has 0 spiro atoms. The first-order valence-corrected chi connectivity index (χ1v) is 7.51. The second-order valence-electron chi connectivity index (χ2n) is 3.91. The summed E-state index contributed by atoms with van der Waals surface area (Å²) in [6.45, 7) is 0. The molecule has 0 aliphatic rings. The summed E-state index contributed by atoms with van der Waals surface area (Å²) in [5.74, 6) is 0.0372. The number of rotatable bonds is 3. The summed E-state index contributed by atoms with van der Waals surface area (Å²) >= 11 is 3.19. The summed E-state index contributed by atoms with van der Waals surface area (Å²) in [4.78, 5) is 14.1. The van der Waals surface area contributed by atoms with Crippen LogP contribution in [0.1, 0.15) is 5.56 Å². The molecule has 9 heteroatoms. The molecule has 2 aromatic rings. The Morgan fingerprint density at radius 3 is 2.76 bits per heavy atom. The highest BCUT2D eigenvalue weighted by atomic mass is 79.9. The van der Waals surface area contributed by atoms with E-state index >= 15 is 0 Å². The topological polar surface area (TPSA) is 123 Å². The van der Waals surface area contributed by atoms with Crippen LogP contribution in [0.4, 0.5) is 11.5 Å². The van der Waals surface area contributed by atoms with Gasteiger partial charge in [0.05, 0.1) is 10.5 Å². The van der Waals surface area contributed by atoms with Crippen LogP contribution in [0.5, 0.6) is 0 Å². The number of hydrogen-bond acceptors (Lipinski definition) is 6. The van der Waals surface area contributed by atoms with Crippen molar-refractivity contribution < 1.29 is 9.13 Å². The number of nitrogens with zero attached hydrogens (tertiary/aromatic N) is 2. The summed E-state index contributed by atoms with van der Waals surface area (Å²) in [5, 5.41) is 18.6. The zero-order valence-corrected chi connectivity index (χ0v) is 12.8. The number of para-hydroxylation sites is 1. The van der Waals surface area contributed by atoms with Crippen LogP contribution in [0.25, 0.3) is 0 Å².